The minimum absolute atomic E-state index is 0.0000588. The SMILES string of the molecule is CC1=C(CO)C(=O)OC([C@H](C)C2CCC3C4C[C@H]5O[C@]56[C@@H](O)C(OS(=O)(=O)O)CC(=O)[C@]6(C)C4CC[C@@]32C)C1. The molecule has 0 radical (unpaired) electrons. The third kappa shape index (κ3) is 3.72. The molecule has 0 amide bonds. The molecule has 4 aliphatic carbocycles. The Bertz CT molecular complexity index is 1230. The Morgan fingerprint density at radius 1 is 1.13 bits per heavy atom. The zero-order chi connectivity index (χ0) is 28.3. The van der Waals surface area contributed by atoms with E-state index >= 15 is 0 Å². The van der Waals surface area contributed by atoms with E-state index in [1.54, 1.807) is 0 Å². The first-order valence-corrected chi connectivity index (χ1v) is 15.6. The fourth-order valence-electron chi connectivity index (χ4n) is 10.3. The number of epoxide rings is 1. The van der Waals surface area contributed by atoms with Gasteiger partial charge in [-0.15, -0.1) is 0 Å². The number of carbonyl (C=O) groups excluding carboxylic acids is 2. The van der Waals surface area contributed by atoms with Gasteiger partial charge in [0, 0.05) is 12.8 Å². The standard InChI is InChI=1S/C28H40O10S/c1-13-9-20(36-25(32)16(13)12-29)14(2)17-5-6-18-15-10-23-28(37-23)24(31)21(38-39(33,34)35)11-22(30)27(28,4)19(15)7-8-26(17,18)3/h14-15,17-21,23-24,29,31H,5-12H2,1-4H3,(H,33,34,35)/t14-,15?,17?,18?,19?,20?,21?,23-,24+,26-,27+,28+/m1/s1. The van der Waals surface area contributed by atoms with E-state index in [1.807, 2.05) is 13.8 Å². The Labute approximate surface area is 229 Å². The summed E-state index contributed by atoms with van der Waals surface area (Å²) in [4.78, 5) is 26.2. The van der Waals surface area contributed by atoms with E-state index in [0.29, 0.717) is 30.3 Å². The molecule has 4 saturated carbocycles. The number of cyclic esters (lactones) is 1. The van der Waals surface area contributed by atoms with Crippen molar-refractivity contribution < 1.29 is 46.4 Å². The summed E-state index contributed by atoms with van der Waals surface area (Å²) < 4.78 is 48.7. The highest BCUT2D eigenvalue weighted by atomic mass is 32.3. The van der Waals surface area contributed by atoms with E-state index in [9.17, 15) is 32.8 Å². The Hall–Kier alpha value is -1.37. The fourth-order valence-corrected chi connectivity index (χ4v) is 10.8. The summed E-state index contributed by atoms with van der Waals surface area (Å²) in [6, 6.07) is 0. The maximum atomic E-state index is 13.7. The maximum absolute atomic E-state index is 13.7. The Balaban J connectivity index is 1.25. The molecule has 11 heteroatoms. The highest BCUT2D eigenvalue weighted by Crippen LogP contribution is 2.73. The quantitative estimate of drug-likeness (QED) is 0.255. The van der Waals surface area contributed by atoms with Gasteiger partial charge in [0.25, 0.3) is 0 Å². The van der Waals surface area contributed by atoms with Crippen molar-refractivity contribution in [3.63, 3.8) is 0 Å². The topological polar surface area (TPSA) is 160 Å². The van der Waals surface area contributed by atoms with Gasteiger partial charge in [0.15, 0.2) is 0 Å². The lowest BCUT2D eigenvalue weighted by Crippen LogP contribution is -2.68. The second kappa shape index (κ2) is 8.82. The third-order valence-electron chi connectivity index (χ3n) is 12.2. The summed E-state index contributed by atoms with van der Waals surface area (Å²) in [5.74, 6) is 0.437. The molecule has 2 aliphatic heterocycles. The molecule has 3 N–H and O–H groups in total. The van der Waals surface area contributed by atoms with Crippen LogP contribution >= 0.6 is 0 Å². The number of hydrogen-bond donors (Lipinski definition) is 3. The number of carbonyl (C=O) groups is 2. The normalized spacial score (nSPS) is 49.9. The molecular formula is C28H40O10S. The molecule has 5 fully saturated rings. The average Bonchev–Trinajstić information content (AvgIpc) is 3.48. The first-order chi connectivity index (χ1) is 18.2. The third-order valence-corrected chi connectivity index (χ3v) is 12.7. The Kier molecular flexibility index (Phi) is 6.28. The number of aliphatic hydroxyl groups is 2. The lowest BCUT2D eigenvalue weighted by atomic mass is 9.43. The number of esters is 1. The van der Waals surface area contributed by atoms with Crippen molar-refractivity contribution in [3.8, 4) is 0 Å². The number of ketones is 1. The van der Waals surface area contributed by atoms with Crippen LogP contribution in [0.5, 0.6) is 0 Å². The molecule has 0 bridgehead atoms. The molecule has 0 aromatic carbocycles. The van der Waals surface area contributed by atoms with Crippen LogP contribution < -0.4 is 0 Å². The summed E-state index contributed by atoms with van der Waals surface area (Å²) >= 11 is 0. The zero-order valence-electron chi connectivity index (χ0n) is 23.0. The summed E-state index contributed by atoms with van der Waals surface area (Å²) in [6.45, 7) is 7.98. The number of aliphatic hydroxyl groups excluding tert-OH is 2. The Morgan fingerprint density at radius 2 is 1.85 bits per heavy atom. The van der Waals surface area contributed by atoms with Crippen molar-refractivity contribution >= 4 is 22.2 Å². The monoisotopic (exact) mass is 568 g/mol. The van der Waals surface area contributed by atoms with Crippen LogP contribution in [0.1, 0.15) is 72.6 Å². The van der Waals surface area contributed by atoms with Crippen molar-refractivity contribution in [2.45, 2.75) is 103 Å². The van der Waals surface area contributed by atoms with Crippen LogP contribution in [0.2, 0.25) is 0 Å². The van der Waals surface area contributed by atoms with Crippen molar-refractivity contribution in [3.05, 3.63) is 11.1 Å². The molecule has 218 valence electrons. The van der Waals surface area contributed by atoms with Crippen molar-refractivity contribution in [1.82, 2.24) is 0 Å². The highest BCUT2D eigenvalue weighted by Gasteiger charge is 2.82. The summed E-state index contributed by atoms with van der Waals surface area (Å²) in [7, 11) is -4.84. The molecule has 0 aromatic heterocycles. The van der Waals surface area contributed by atoms with Gasteiger partial charge in [-0.3, -0.25) is 9.35 Å². The molecule has 10 nitrogen and oxygen atoms in total. The fraction of sp³-hybridized carbons (Fsp3) is 0.857. The largest absolute Gasteiger partial charge is 0.458 e. The van der Waals surface area contributed by atoms with E-state index in [4.69, 9.17) is 13.7 Å². The van der Waals surface area contributed by atoms with Crippen LogP contribution in [-0.4, -0.2) is 71.6 Å². The zero-order valence-corrected chi connectivity index (χ0v) is 23.8. The number of ether oxygens (including phenoxy) is 2. The highest BCUT2D eigenvalue weighted by molar-refractivity contribution is 7.80. The lowest BCUT2D eigenvalue weighted by molar-refractivity contribution is -0.178. The van der Waals surface area contributed by atoms with E-state index in [0.717, 1.165) is 31.3 Å². The summed E-state index contributed by atoms with van der Waals surface area (Å²) in [6.07, 6.45) is 1.40. The van der Waals surface area contributed by atoms with Crippen molar-refractivity contribution in [2.75, 3.05) is 6.61 Å². The molecule has 6 rings (SSSR count). The van der Waals surface area contributed by atoms with Gasteiger partial charge in [-0.1, -0.05) is 19.4 Å². The van der Waals surface area contributed by atoms with Crippen LogP contribution in [0.15, 0.2) is 11.1 Å². The predicted molar refractivity (Wildman–Crippen MR) is 136 cm³/mol. The van der Waals surface area contributed by atoms with Crippen molar-refractivity contribution in [2.24, 2.45) is 40.4 Å². The van der Waals surface area contributed by atoms with Crippen molar-refractivity contribution in [1.29, 1.82) is 0 Å². The molecule has 39 heavy (non-hydrogen) atoms. The minimum atomic E-state index is -4.84. The van der Waals surface area contributed by atoms with Gasteiger partial charge >= 0.3 is 16.4 Å². The van der Waals surface area contributed by atoms with Crippen LogP contribution in [0.25, 0.3) is 0 Å². The molecule has 1 spiro atoms. The molecule has 6 aliphatic rings. The summed E-state index contributed by atoms with van der Waals surface area (Å²) in [5.41, 5.74) is -0.905. The van der Waals surface area contributed by atoms with Crippen LogP contribution in [-0.2, 0) is 33.6 Å². The second-order valence-electron chi connectivity index (χ2n) is 13.5. The molecule has 2 heterocycles. The van der Waals surface area contributed by atoms with E-state index in [2.05, 4.69) is 13.8 Å². The lowest BCUT2D eigenvalue weighted by Gasteiger charge is -2.59. The van der Waals surface area contributed by atoms with E-state index in [-0.39, 0.29) is 54.2 Å². The first-order valence-electron chi connectivity index (χ1n) is 14.2. The molecule has 0 aromatic rings. The first kappa shape index (κ1) is 27.8. The number of Topliss-reactive ketones (excluding diaryl/α,β-unsaturated/α-hetero) is 1. The van der Waals surface area contributed by atoms with E-state index < -0.39 is 39.6 Å². The number of fused-ring (bicyclic) bond motifs is 4. The molecule has 6 unspecified atom stereocenters. The van der Waals surface area contributed by atoms with Gasteiger partial charge in [0.1, 0.15) is 29.7 Å². The minimum Gasteiger partial charge on any atom is -0.458 e. The molecular weight excluding hydrogens is 528 g/mol. The second-order valence-corrected chi connectivity index (χ2v) is 14.5. The molecule has 1 saturated heterocycles. The molecule has 12 atom stereocenters. The average molecular weight is 569 g/mol. The van der Waals surface area contributed by atoms with Crippen LogP contribution in [0, 0.1) is 40.4 Å². The van der Waals surface area contributed by atoms with Gasteiger partial charge in [-0.2, -0.15) is 8.42 Å². The number of hydrogen-bond acceptors (Lipinski definition) is 9. The smallest absolute Gasteiger partial charge is 0.397 e. The predicted octanol–water partition coefficient (Wildman–Crippen LogP) is 2.37. The Morgan fingerprint density at radius 3 is 2.49 bits per heavy atom. The van der Waals surface area contributed by atoms with Crippen LogP contribution in [0.3, 0.4) is 0 Å². The van der Waals surface area contributed by atoms with Crippen LogP contribution in [0.4, 0.5) is 0 Å². The van der Waals surface area contributed by atoms with Gasteiger partial charge in [-0.05, 0) is 81.0 Å². The number of rotatable bonds is 5. The van der Waals surface area contributed by atoms with Gasteiger partial charge in [0.2, 0.25) is 0 Å². The van der Waals surface area contributed by atoms with Gasteiger partial charge in [0.05, 0.1) is 23.7 Å². The van der Waals surface area contributed by atoms with Gasteiger partial charge in [-0.25, -0.2) is 8.98 Å². The van der Waals surface area contributed by atoms with E-state index in [1.165, 1.54) is 0 Å². The summed E-state index contributed by atoms with van der Waals surface area (Å²) in [5, 5.41) is 20.8. The van der Waals surface area contributed by atoms with Gasteiger partial charge < -0.3 is 19.7 Å². The maximum Gasteiger partial charge on any atom is 0.397 e.